The molecule has 0 saturated carbocycles. The first-order valence-electron chi connectivity index (χ1n) is 7.36. The van der Waals surface area contributed by atoms with E-state index >= 15 is 0 Å². The molecule has 2 rings (SSSR count). The minimum absolute atomic E-state index is 0.0759. The Kier molecular flexibility index (Phi) is 5.37. The van der Waals surface area contributed by atoms with Crippen LogP contribution in [0.15, 0.2) is 42.5 Å². The van der Waals surface area contributed by atoms with Gasteiger partial charge in [-0.15, -0.1) is 0 Å². The second-order valence-corrected chi connectivity index (χ2v) is 5.32. The number of nitrogens with two attached hydrogens (primary N) is 1. The summed E-state index contributed by atoms with van der Waals surface area (Å²) in [6.45, 7) is 4.20. The summed E-state index contributed by atoms with van der Waals surface area (Å²) in [4.78, 5) is 0. The molecule has 3 N–H and O–H groups in total. The van der Waals surface area contributed by atoms with Crippen LogP contribution in [0, 0.1) is 6.92 Å². The summed E-state index contributed by atoms with van der Waals surface area (Å²) in [5.41, 5.74) is 7.81. The molecule has 0 bridgehead atoms. The third kappa shape index (κ3) is 3.84. The molecule has 0 fully saturated rings. The van der Waals surface area contributed by atoms with Crippen molar-refractivity contribution < 1.29 is 4.74 Å². The van der Waals surface area contributed by atoms with Crippen molar-refractivity contribution in [3.05, 3.63) is 64.7 Å². The van der Waals surface area contributed by atoms with Crippen molar-refractivity contribution in [3.63, 3.8) is 0 Å². The Bertz CT molecular complexity index is 578. The van der Waals surface area contributed by atoms with Gasteiger partial charge in [-0.3, -0.25) is 11.3 Å². The van der Waals surface area contributed by atoms with E-state index < -0.39 is 0 Å². The van der Waals surface area contributed by atoms with Gasteiger partial charge in [0.1, 0.15) is 5.75 Å². The molecule has 1 atom stereocenters. The smallest absolute Gasteiger partial charge is 0.122 e. The largest absolute Gasteiger partial charge is 0.496 e. The summed E-state index contributed by atoms with van der Waals surface area (Å²) < 4.78 is 5.39. The minimum Gasteiger partial charge on any atom is -0.496 e. The molecular formula is C18H24N2O. The number of hydrazine groups is 1. The van der Waals surface area contributed by atoms with Crippen molar-refractivity contribution >= 4 is 0 Å². The van der Waals surface area contributed by atoms with Gasteiger partial charge in [0, 0.05) is 0 Å². The third-order valence-corrected chi connectivity index (χ3v) is 3.91. The van der Waals surface area contributed by atoms with Crippen molar-refractivity contribution in [2.24, 2.45) is 5.84 Å². The van der Waals surface area contributed by atoms with E-state index in [1.165, 1.54) is 11.1 Å². The van der Waals surface area contributed by atoms with Crippen LogP contribution in [0.25, 0.3) is 0 Å². The summed E-state index contributed by atoms with van der Waals surface area (Å²) in [7, 11) is 1.69. The third-order valence-electron chi connectivity index (χ3n) is 3.91. The van der Waals surface area contributed by atoms with Gasteiger partial charge in [0.25, 0.3) is 0 Å². The van der Waals surface area contributed by atoms with Gasteiger partial charge in [-0.2, -0.15) is 0 Å². The van der Waals surface area contributed by atoms with Gasteiger partial charge in [-0.05, 0) is 48.1 Å². The molecule has 21 heavy (non-hydrogen) atoms. The lowest BCUT2D eigenvalue weighted by Crippen LogP contribution is -2.29. The van der Waals surface area contributed by atoms with Crippen LogP contribution in [0.4, 0.5) is 0 Å². The SMILES string of the molecule is CCc1ccc(CC(NN)c2ccc(C)c(OC)c2)cc1. The summed E-state index contributed by atoms with van der Waals surface area (Å²) in [6.07, 6.45) is 1.92. The normalized spacial score (nSPS) is 12.2. The van der Waals surface area contributed by atoms with Gasteiger partial charge in [0.2, 0.25) is 0 Å². The van der Waals surface area contributed by atoms with E-state index in [-0.39, 0.29) is 6.04 Å². The van der Waals surface area contributed by atoms with Gasteiger partial charge in [-0.1, -0.05) is 43.3 Å². The zero-order valence-corrected chi connectivity index (χ0v) is 13.0. The van der Waals surface area contributed by atoms with Gasteiger partial charge >= 0.3 is 0 Å². The highest BCUT2D eigenvalue weighted by molar-refractivity contribution is 5.38. The van der Waals surface area contributed by atoms with Crippen LogP contribution in [-0.2, 0) is 12.8 Å². The van der Waals surface area contributed by atoms with Crippen molar-refractivity contribution in [1.29, 1.82) is 0 Å². The molecule has 2 aromatic rings. The number of aryl methyl sites for hydroxylation is 2. The predicted molar refractivity (Wildman–Crippen MR) is 87.3 cm³/mol. The summed E-state index contributed by atoms with van der Waals surface area (Å²) >= 11 is 0. The fraction of sp³-hybridized carbons (Fsp3) is 0.333. The molecule has 0 saturated heterocycles. The first kappa shape index (κ1) is 15.5. The Balaban J connectivity index is 2.18. The summed E-state index contributed by atoms with van der Waals surface area (Å²) in [6, 6.07) is 15.0. The Labute approximate surface area is 127 Å². The maximum atomic E-state index is 5.75. The first-order valence-corrected chi connectivity index (χ1v) is 7.36. The topological polar surface area (TPSA) is 47.3 Å². The lowest BCUT2D eigenvalue weighted by Gasteiger charge is -2.18. The van der Waals surface area contributed by atoms with Crippen LogP contribution in [-0.4, -0.2) is 7.11 Å². The maximum Gasteiger partial charge on any atom is 0.122 e. The van der Waals surface area contributed by atoms with Crippen LogP contribution in [0.3, 0.4) is 0 Å². The van der Waals surface area contributed by atoms with Crippen LogP contribution in [0.2, 0.25) is 0 Å². The Hall–Kier alpha value is -1.84. The van der Waals surface area contributed by atoms with Crippen LogP contribution in [0.1, 0.15) is 35.2 Å². The minimum atomic E-state index is 0.0759. The standard InChI is InChI=1S/C18H24N2O/c1-4-14-6-8-15(9-7-14)11-17(20-19)16-10-5-13(2)18(12-16)21-3/h5-10,12,17,20H,4,11,19H2,1-3H3. The number of rotatable bonds is 6. The molecule has 0 aromatic heterocycles. The number of ether oxygens (including phenoxy) is 1. The highest BCUT2D eigenvalue weighted by Crippen LogP contribution is 2.25. The van der Waals surface area contributed by atoms with Crippen LogP contribution >= 0.6 is 0 Å². The van der Waals surface area contributed by atoms with E-state index in [2.05, 4.69) is 54.8 Å². The number of hydrogen-bond acceptors (Lipinski definition) is 3. The fourth-order valence-electron chi connectivity index (χ4n) is 2.47. The van der Waals surface area contributed by atoms with Gasteiger partial charge < -0.3 is 4.74 Å². The maximum absolute atomic E-state index is 5.75. The van der Waals surface area contributed by atoms with E-state index in [4.69, 9.17) is 10.6 Å². The monoisotopic (exact) mass is 284 g/mol. The summed E-state index contributed by atoms with van der Waals surface area (Å²) in [5.74, 6) is 6.64. The Morgan fingerprint density at radius 3 is 2.33 bits per heavy atom. The number of nitrogens with one attached hydrogen (secondary N) is 1. The molecule has 0 heterocycles. The molecule has 3 nitrogen and oxygen atoms in total. The highest BCUT2D eigenvalue weighted by atomic mass is 16.5. The van der Waals surface area contributed by atoms with Crippen LogP contribution < -0.4 is 16.0 Å². The van der Waals surface area contributed by atoms with E-state index in [1.807, 2.05) is 6.92 Å². The molecular weight excluding hydrogens is 260 g/mol. The molecule has 0 aliphatic carbocycles. The second-order valence-electron chi connectivity index (χ2n) is 5.32. The van der Waals surface area contributed by atoms with Gasteiger partial charge in [0.05, 0.1) is 13.2 Å². The average Bonchev–Trinajstić information content (AvgIpc) is 2.54. The Morgan fingerprint density at radius 2 is 1.76 bits per heavy atom. The van der Waals surface area contributed by atoms with Gasteiger partial charge in [0.15, 0.2) is 0 Å². The zero-order chi connectivity index (χ0) is 15.2. The fourth-order valence-corrected chi connectivity index (χ4v) is 2.47. The van der Waals surface area contributed by atoms with Crippen molar-refractivity contribution in [2.75, 3.05) is 7.11 Å². The molecule has 1 unspecified atom stereocenters. The van der Waals surface area contributed by atoms with Crippen molar-refractivity contribution in [3.8, 4) is 5.75 Å². The second kappa shape index (κ2) is 7.25. The summed E-state index contributed by atoms with van der Waals surface area (Å²) in [5, 5.41) is 0. The van der Waals surface area contributed by atoms with Crippen molar-refractivity contribution in [1.82, 2.24) is 5.43 Å². The van der Waals surface area contributed by atoms with Crippen LogP contribution in [0.5, 0.6) is 5.75 Å². The molecule has 112 valence electrons. The molecule has 0 aliphatic heterocycles. The lowest BCUT2D eigenvalue weighted by atomic mass is 9.97. The number of benzene rings is 2. The molecule has 0 spiro atoms. The van der Waals surface area contributed by atoms with Crippen molar-refractivity contribution in [2.45, 2.75) is 32.7 Å². The molecule has 0 aliphatic rings. The number of methoxy groups -OCH3 is 1. The van der Waals surface area contributed by atoms with E-state index in [0.29, 0.717) is 0 Å². The highest BCUT2D eigenvalue weighted by Gasteiger charge is 2.12. The molecule has 0 radical (unpaired) electrons. The van der Waals surface area contributed by atoms with E-state index in [9.17, 15) is 0 Å². The molecule has 0 amide bonds. The number of hydrogen-bond donors (Lipinski definition) is 2. The Morgan fingerprint density at radius 1 is 1.10 bits per heavy atom. The molecule has 2 aromatic carbocycles. The first-order chi connectivity index (χ1) is 10.2. The quantitative estimate of drug-likeness (QED) is 0.632. The molecule has 3 heteroatoms. The average molecular weight is 284 g/mol. The van der Waals surface area contributed by atoms with Gasteiger partial charge in [-0.25, -0.2) is 0 Å². The predicted octanol–water partition coefficient (Wildman–Crippen LogP) is 3.31. The van der Waals surface area contributed by atoms with E-state index in [1.54, 1.807) is 7.11 Å². The zero-order valence-electron chi connectivity index (χ0n) is 13.0. The van der Waals surface area contributed by atoms with E-state index in [0.717, 1.165) is 29.7 Å². The lowest BCUT2D eigenvalue weighted by molar-refractivity contribution is 0.410.